The molecule has 1 atom stereocenters. The summed E-state index contributed by atoms with van der Waals surface area (Å²) in [6.45, 7) is 6.05. The van der Waals surface area contributed by atoms with Gasteiger partial charge in [-0.05, 0) is 44.2 Å². The molecule has 1 aliphatic heterocycles. The van der Waals surface area contributed by atoms with Gasteiger partial charge in [-0.25, -0.2) is 0 Å². The average molecular weight is 196 g/mol. The largest absolute Gasteiger partial charge is 0.315 e. The van der Waals surface area contributed by atoms with E-state index in [9.17, 15) is 0 Å². The van der Waals surface area contributed by atoms with Crippen LogP contribution in [0.3, 0.4) is 0 Å². The molecule has 82 valence electrons. The standard InChI is InChI=1S/C12H24N2/c1-10-2-4-11(5-3-10)8-14-12-6-7-13-9-12/h10-14H,2-9H2,1H3. The zero-order valence-electron chi connectivity index (χ0n) is 9.39. The zero-order valence-corrected chi connectivity index (χ0v) is 9.39. The van der Waals surface area contributed by atoms with Crippen molar-refractivity contribution in [2.75, 3.05) is 19.6 Å². The summed E-state index contributed by atoms with van der Waals surface area (Å²) in [5.74, 6) is 1.95. The van der Waals surface area contributed by atoms with Gasteiger partial charge in [0, 0.05) is 12.6 Å². The van der Waals surface area contributed by atoms with Crippen molar-refractivity contribution in [2.24, 2.45) is 11.8 Å². The first-order chi connectivity index (χ1) is 6.84. The van der Waals surface area contributed by atoms with Gasteiger partial charge in [0.1, 0.15) is 0 Å². The number of hydrogen-bond donors (Lipinski definition) is 2. The van der Waals surface area contributed by atoms with Gasteiger partial charge in [0.05, 0.1) is 0 Å². The number of nitrogens with one attached hydrogen (secondary N) is 2. The smallest absolute Gasteiger partial charge is 0.0204 e. The maximum absolute atomic E-state index is 3.70. The topological polar surface area (TPSA) is 24.1 Å². The fourth-order valence-corrected chi connectivity index (χ4v) is 2.70. The summed E-state index contributed by atoms with van der Waals surface area (Å²) < 4.78 is 0. The van der Waals surface area contributed by atoms with Crippen molar-refractivity contribution in [3.05, 3.63) is 0 Å². The van der Waals surface area contributed by atoms with Gasteiger partial charge in [0.25, 0.3) is 0 Å². The fraction of sp³-hybridized carbons (Fsp3) is 1.00. The van der Waals surface area contributed by atoms with Gasteiger partial charge in [-0.2, -0.15) is 0 Å². The summed E-state index contributed by atoms with van der Waals surface area (Å²) in [7, 11) is 0. The molecule has 0 aromatic heterocycles. The minimum Gasteiger partial charge on any atom is -0.315 e. The van der Waals surface area contributed by atoms with Crippen LogP contribution in [0.1, 0.15) is 39.0 Å². The van der Waals surface area contributed by atoms with Crippen molar-refractivity contribution >= 4 is 0 Å². The molecule has 0 aromatic carbocycles. The van der Waals surface area contributed by atoms with Crippen LogP contribution >= 0.6 is 0 Å². The molecule has 1 unspecified atom stereocenters. The molecule has 14 heavy (non-hydrogen) atoms. The van der Waals surface area contributed by atoms with Crippen molar-refractivity contribution < 1.29 is 0 Å². The zero-order chi connectivity index (χ0) is 9.80. The lowest BCUT2D eigenvalue weighted by Gasteiger charge is -2.27. The van der Waals surface area contributed by atoms with Crippen LogP contribution in [-0.4, -0.2) is 25.7 Å². The Hall–Kier alpha value is -0.0800. The van der Waals surface area contributed by atoms with Crippen molar-refractivity contribution in [1.29, 1.82) is 0 Å². The summed E-state index contributed by atoms with van der Waals surface area (Å²) >= 11 is 0. The van der Waals surface area contributed by atoms with Crippen LogP contribution in [-0.2, 0) is 0 Å². The van der Waals surface area contributed by atoms with Crippen LogP contribution in [0, 0.1) is 11.8 Å². The highest BCUT2D eigenvalue weighted by atomic mass is 15.0. The third kappa shape index (κ3) is 2.96. The second-order valence-corrected chi connectivity index (χ2v) is 5.22. The summed E-state index contributed by atoms with van der Waals surface area (Å²) in [6.07, 6.45) is 7.14. The molecule has 2 fully saturated rings. The Bertz CT molecular complexity index is 156. The molecule has 0 radical (unpaired) electrons. The molecule has 2 heteroatoms. The lowest BCUT2D eigenvalue weighted by atomic mass is 9.83. The first-order valence-corrected chi connectivity index (χ1v) is 6.28. The van der Waals surface area contributed by atoms with Gasteiger partial charge in [0.15, 0.2) is 0 Å². The summed E-state index contributed by atoms with van der Waals surface area (Å²) in [5.41, 5.74) is 0. The van der Waals surface area contributed by atoms with Crippen molar-refractivity contribution in [3.63, 3.8) is 0 Å². The molecule has 2 aliphatic rings. The maximum atomic E-state index is 3.70. The van der Waals surface area contributed by atoms with E-state index in [0.29, 0.717) is 0 Å². The highest BCUT2D eigenvalue weighted by Crippen LogP contribution is 2.27. The van der Waals surface area contributed by atoms with Gasteiger partial charge in [-0.15, -0.1) is 0 Å². The summed E-state index contributed by atoms with van der Waals surface area (Å²) in [4.78, 5) is 0. The van der Waals surface area contributed by atoms with E-state index in [4.69, 9.17) is 0 Å². The normalized spacial score (nSPS) is 38.8. The van der Waals surface area contributed by atoms with Crippen LogP contribution < -0.4 is 10.6 Å². The lowest BCUT2D eigenvalue weighted by Crippen LogP contribution is -2.35. The summed E-state index contributed by atoms with van der Waals surface area (Å²) in [6, 6.07) is 0.759. The summed E-state index contributed by atoms with van der Waals surface area (Å²) in [5, 5.41) is 7.11. The molecule has 0 aromatic rings. The molecule has 1 saturated carbocycles. The van der Waals surface area contributed by atoms with Crippen LogP contribution in [0.2, 0.25) is 0 Å². The Balaban J connectivity index is 1.60. The van der Waals surface area contributed by atoms with E-state index in [0.717, 1.165) is 17.9 Å². The second-order valence-electron chi connectivity index (χ2n) is 5.22. The molecular formula is C12H24N2. The molecule has 1 saturated heterocycles. The molecule has 1 aliphatic carbocycles. The first-order valence-electron chi connectivity index (χ1n) is 6.28. The molecular weight excluding hydrogens is 172 g/mol. The van der Waals surface area contributed by atoms with E-state index in [1.165, 1.54) is 51.7 Å². The lowest BCUT2D eigenvalue weighted by molar-refractivity contribution is 0.275. The fourth-order valence-electron chi connectivity index (χ4n) is 2.70. The molecule has 0 bridgehead atoms. The van der Waals surface area contributed by atoms with Crippen LogP contribution in [0.15, 0.2) is 0 Å². The average Bonchev–Trinajstić information content (AvgIpc) is 2.70. The maximum Gasteiger partial charge on any atom is 0.0204 e. The third-order valence-corrected chi connectivity index (χ3v) is 3.89. The highest BCUT2D eigenvalue weighted by molar-refractivity contribution is 4.79. The molecule has 2 nitrogen and oxygen atoms in total. The van der Waals surface area contributed by atoms with E-state index in [-0.39, 0.29) is 0 Å². The Labute approximate surface area is 87.8 Å². The van der Waals surface area contributed by atoms with E-state index in [2.05, 4.69) is 17.6 Å². The molecule has 2 rings (SSSR count). The quantitative estimate of drug-likeness (QED) is 0.719. The van der Waals surface area contributed by atoms with E-state index in [1.54, 1.807) is 0 Å². The molecule has 0 spiro atoms. The van der Waals surface area contributed by atoms with Gasteiger partial charge < -0.3 is 10.6 Å². The van der Waals surface area contributed by atoms with Crippen LogP contribution in [0.25, 0.3) is 0 Å². The monoisotopic (exact) mass is 196 g/mol. The minimum atomic E-state index is 0.759. The Morgan fingerprint density at radius 1 is 1.14 bits per heavy atom. The Kier molecular flexibility index (Phi) is 3.82. The Morgan fingerprint density at radius 3 is 2.57 bits per heavy atom. The van der Waals surface area contributed by atoms with Gasteiger partial charge in [-0.3, -0.25) is 0 Å². The van der Waals surface area contributed by atoms with Crippen molar-refractivity contribution in [2.45, 2.75) is 45.1 Å². The van der Waals surface area contributed by atoms with Crippen LogP contribution in [0.4, 0.5) is 0 Å². The highest BCUT2D eigenvalue weighted by Gasteiger charge is 2.20. The Morgan fingerprint density at radius 2 is 1.93 bits per heavy atom. The third-order valence-electron chi connectivity index (χ3n) is 3.89. The number of rotatable bonds is 3. The second kappa shape index (κ2) is 5.13. The van der Waals surface area contributed by atoms with Gasteiger partial charge >= 0.3 is 0 Å². The SMILES string of the molecule is CC1CCC(CNC2CCNC2)CC1. The van der Waals surface area contributed by atoms with Gasteiger partial charge in [0.2, 0.25) is 0 Å². The van der Waals surface area contributed by atoms with Crippen LogP contribution in [0.5, 0.6) is 0 Å². The van der Waals surface area contributed by atoms with E-state index >= 15 is 0 Å². The van der Waals surface area contributed by atoms with E-state index in [1.807, 2.05) is 0 Å². The van der Waals surface area contributed by atoms with E-state index < -0.39 is 0 Å². The van der Waals surface area contributed by atoms with Gasteiger partial charge in [-0.1, -0.05) is 19.8 Å². The first kappa shape index (κ1) is 10.4. The predicted octanol–water partition coefficient (Wildman–Crippen LogP) is 1.76. The molecule has 2 N–H and O–H groups in total. The minimum absolute atomic E-state index is 0.759. The number of hydrogen-bond acceptors (Lipinski definition) is 2. The van der Waals surface area contributed by atoms with Crippen molar-refractivity contribution in [1.82, 2.24) is 10.6 Å². The van der Waals surface area contributed by atoms with Crippen molar-refractivity contribution in [3.8, 4) is 0 Å². The predicted molar refractivity (Wildman–Crippen MR) is 60.4 cm³/mol. The molecule has 1 heterocycles. The molecule has 0 amide bonds.